The quantitative estimate of drug-likeness (QED) is 0.720. The van der Waals surface area contributed by atoms with Gasteiger partial charge in [-0.2, -0.15) is 0 Å². The van der Waals surface area contributed by atoms with Crippen LogP contribution in [0.3, 0.4) is 0 Å². The van der Waals surface area contributed by atoms with E-state index in [2.05, 4.69) is 9.97 Å². The monoisotopic (exact) mass is 198 g/mol. The Kier molecular flexibility index (Phi) is 4.12. The van der Waals surface area contributed by atoms with Crippen LogP contribution in [0, 0.1) is 0 Å². The minimum atomic E-state index is -0.413. The SMILES string of the molecule is CCOCc1[nH]cnc1C(=O)OCC. The van der Waals surface area contributed by atoms with Crippen molar-refractivity contribution in [2.45, 2.75) is 20.5 Å². The lowest BCUT2D eigenvalue weighted by Crippen LogP contribution is -2.09. The Bertz CT molecular complexity index is 296. The summed E-state index contributed by atoms with van der Waals surface area (Å²) < 4.78 is 10.00. The van der Waals surface area contributed by atoms with Gasteiger partial charge in [0.15, 0.2) is 5.69 Å². The molecular weight excluding hydrogens is 184 g/mol. The number of hydrogen-bond acceptors (Lipinski definition) is 4. The van der Waals surface area contributed by atoms with Gasteiger partial charge in [-0.05, 0) is 13.8 Å². The molecule has 78 valence electrons. The number of esters is 1. The van der Waals surface area contributed by atoms with Crippen LogP contribution in [0.25, 0.3) is 0 Å². The van der Waals surface area contributed by atoms with E-state index in [9.17, 15) is 4.79 Å². The number of rotatable bonds is 5. The molecule has 0 radical (unpaired) electrons. The number of ether oxygens (including phenoxy) is 2. The highest BCUT2D eigenvalue weighted by Crippen LogP contribution is 2.06. The summed E-state index contributed by atoms with van der Waals surface area (Å²) in [5.74, 6) is -0.413. The molecule has 0 fully saturated rings. The molecule has 1 heterocycles. The first kappa shape index (κ1) is 10.7. The Balaban J connectivity index is 2.66. The van der Waals surface area contributed by atoms with Crippen molar-refractivity contribution in [3.05, 3.63) is 17.7 Å². The summed E-state index contributed by atoms with van der Waals surface area (Å²) in [6, 6.07) is 0. The van der Waals surface area contributed by atoms with Crippen molar-refractivity contribution in [2.24, 2.45) is 0 Å². The molecule has 0 atom stereocenters. The molecule has 0 saturated carbocycles. The highest BCUT2D eigenvalue weighted by molar-refractivity contribution is 5.88. The predicted octanol–water partition coefficient (Wildman–Crippen LogP) is 1.12. The zero-order valence-electron chi connectivity index (χ0n) is 8.37. The first-order valence-corrected chi connectivity index (χ1v) is 4.56. The molecule has 14 heavy (non-hydrogen) atoms. The molecule has 0 bridgehead atoms. The fourth-order valence-corrected chi connectivity index (χ4v) is 1.01. The van der Waals surface area contributed by atoms with Crippen molar-refractivity contribution in [1.82, 2.24) is 9.97 Å². The average Bonchev–Trinajstić information content (AvgIpc) is 2.63. The molecule has 5 heteroatoms. The molecule has 1 aromatic heterocycles. The second kappa shape index (κ2) is 5.39. The van der Waals surface area contributed by atoms with Crippen LogP contribution in [0.4, 0.5) is 0 Å². The van der Waals surface area contributed by atoms with Crippen LogP contribution in [0.2, 0.25) is 0 Å². The first-order chi connectivity index (χ1) is 6.79. The third-order valence-corrected chi connectivity index (χ3v) is 1.64. The maximum absolute atomic E-state index is 11.3. The maximum atomic E-state index is 11.3. The van der Waals surface area contributed by atoms with E-state index in [1.165, 1.54) is 6.33 Å². The fourth-order valence-electron chi connectivity index (χ4n) is 1.01. The number of H-pyrrole nitrogens is 1. The van der Waals surface area contributed by atoms with Crippen LogP contribution in [-0.2, 0) is 16.1 Å². The third kappa shape index (κ3) is 2.56. The Labute approximate surface area is 82.4 Å². The van der Waals surface area contributed by atoms with E-state index in [1.54, 1.807) is 6.92 Å². The number of nitrogens with zero attached hydrogens (tertiary/aromatic N) is 1. The summed E-state index contributed by atoms with van der Waals surface area (Å²) in [5, 5.41) is 0. The van der Waals surface area contributed by atoms with E-state index in [1.807, 2.05) is 6.92 Å². The van der Waals surface area contributed by atoms with Gasteiger partial charge in [0, 0.05) is 6.61 Å². The summed E-state index contributed by atoms with van der Waals surface area (Å²) in [6.07, 6.45) is 1.46. The number of nitrogens with one attached hydrogen (secondary N) is 1. The van der Waals surface area contributed by atoms with Gasteiger partial charge in [-0.15, -0.1) is 0 Å². The first-order valence-electron chi connectivity index (χ1n) is 4.56. The molecule has 0 aliphatic rings. The van der Waals surface area contributed by atoms with Gasteiger partial charge in [-0.25, -0.2) is 9.78 Å². The molecule has 0 unspecified atom stereocenters. The van der Waals surface area contributed by atoms with Crippen LogP contribution in [0.1, 0.15) is 30.0 Å². The number of aromatic nitrogens is 2. The normalized spacial score (nSPS) is 10.1. The van der Waals surface area contributed by atoms with E-state index in [0.29, 0.717) is 31.2 Å². The Morgan fingerprint density at radius 2 is 2.29 bits per heavy atom. The van der Waals surface area contributed by atoms with Crippen LogP contribution in [-0.4, -0.2) is 29.2 Å². The molecule has 0 amide bonds. The number of carbonyl (C=O) groups excluding carboxylic acids is 1. The molecule has 1 N–H and O–H groups in total. The van der Waals surface area contributed by atoms with Crippen LogP contribution < -0.4 is 0 Å². The number of hydrogen-bond donors (Lipinski definition) is 1. The van der Waals surface area contributed by atoms with Gasteiger partial charge in [-0.1, -0.05) is 0 Å². The van der Waals surface area contributed by atoms with Gasteiger partial charge in [0.1, 0.15) is 0 Å². The Morgan fingerprint density at radius 3 is 2.93 bits per heavy atom. The van der Waals surface area contributed by atoms with Crippen molar-refractivity contribution < 1.29 is 14.3 Å². The van der Waals surface area contributed by atoms with Crippen molar-refractivity contribution in [2.75, 3.05) is 13.2 Å². The number of imidazole rings is 1. The molecule has 0 aliphatic heterocycles. The third-order valence-electron chi connectivity index (χ3n) is 1.64. The predicted molar refractivity (Wildman–Crippen MR) is 49.9 cm³/mol. The van der Waals surface area contributed by atoms with Gasteiger partial charge in [0.2, 0.25) is 0 Å². The largest absolute Gasteiger partial charge is 0.461 e. The van der Waals surface area contributed by atoms with Gasteiger partial charge < -0.3 is 14.5 Å². The van der Waals surface area contributed by atoms with Gasteiger partial charge >= 0.3 is 5.97 Å². The lowest BCUT2D eigenvalue weighted by molar-refractivity contribution is 0.0512. The summed E-state index contributed by atoms with van der Waals surface area (Å²) >= 11 is 0. The zero-order valence-corrected chi connectivity index (χ0v) is 8.37. The van der Waals surface area contributed by atoms with Crippen LogP contribution in [0.15, 0.2) is 6.33 Å². The van der Waals surface area contributed by atoms with Gasteiger partial charge in [0.25, 0.3) is 0 Å². The van der Waals surface area contributed by atoms with Gasteiger partial charge in [0.05, 0.1) is 25.2 Å². The molecular formula is C9H14N2O3. The number of carbonyl (C=O) groups is 1. The van der Waals surface area contributed by atoms with Crippen molar-refractivity contribution in [1.29, 1.82) is 0 Å². The summed E-state index contributed by atoms with van der Waals surface area (Å²) in [5.41, 5.74) is 0.964. The highest BCUT2D eigenvalue weighted by atomic mass is 16.5. The molecule has 0 aromatic carbocycles. The van der Waals surface area contributed by atoms with E-state index in [-0.39, 0.29) is 0 Å². The van der Waals surface area contributed by atoms with E-state index in [4.69, 9.17) is 9.47 Å². The summed E-state index contributed by atoms with van der Waals surface area (Å²) in [7, 11) is 0. The van der Waals surface area contributed by atoms with Crippen LogP contribution >= 0.6 is 0 Å². The zero-order chi connectivity index (χ0) is 10.4. The van der Waals surface area contributed by atoms with Crippen LogP contribution in [0.5, 0.6) is 0 Å². The second-order valence-electron chi connectivity index (χ2n) is 2.59. The standard InChI is InChI=1S/C9H14N2O3/c1-3-13-5-7-8(11-6-10-7)9(12)14-4-2/h6H,3-5H2,1-2H3,(H,10,11). The fraction of sp³-hybridized carbons (Fsp3) is 0.556. The average molecular weight is 198 g/mol. The molecule has 0 aliphatic carbocycles. The van der Waals surface area contributed by atoms with Crippen molar-refractivity contribution >= 4 is 5.97 Å². The minimum absolute atomic E-state index is 0.306. The molecule has 0 saturated heterocycles. The molecule has 0 spiro atoms. The van der Waals surface area contributed by atoms with E-state index in [0.717, 1.165) is 0 Å². The lowest BCUT2D eigenvalue weighted by Gasteiger charge is -2.02. The van der Waals surface area contributed by atoms with Gasteiger partial charge in [-0.3, -0.25) is 0 Å². The maximum Gasteiger partial charge on any atom is 0.358 e. The lowest BCUT2D eigenvalue weighted by atomic mass is 10.3. The topological polar surface area (TPSA) is 64.2 Å². The number of aromatic amines is 1. The Morgan fingerprint density at radius 1 is 1.50 bits per heavy atom. The second-order valence-corrected chi connectivity index (χ2v) is 2.59. The summed E-state index contributed by atoms with van der Waals surface area (Å²) in [4.78, 5) is 18.0. The molecule has 5 nitrogen and oxygen atoms in total. The minimum Gasteiger partial charge on any atom is -0.461 e. The summed E-state index contributed by atoms with van der Waals surface area (Å²) in [6.45, 7) is 4.94. The molecule has 1 aromatic rings. The Hall–Kier alpha value is -1.36. The van der Waals surface area contributed by atoms with E-state index >= 15 is 0 Å². The molecule has 1 rings (SSSR count). The van der Waals surface area contributed by atoms with E-state index < -0.39 is 5.97 Å². The smallest absolute Gasteiger partial charge is 0.358 e. The highest BCUT2D eigenvalue weighted by Gasteiger charge is 2.14. The van der Waals surface area contributed by atoms with Crippen molar-refractivity contribution in [3.8, 4) is 0 Å². The van der Waals surface area contributed by atoms with Crippen molar-refractivity contribution in [3.63, 3.8) is 0 Å².